The lowest BCUT2D eigenvalue weighted by Crippen LogP contribution is -2.13. The number of hydrogen-bond acceptors (Lipinski definition) is 6. The average molecular weight is 313 g/mol. The van der Waals surface area contributed by atoms with Crippen LogP contribution in [-0.2, 0) is 4.79 Å². The topological polar surface area (TPSA) is 108 Å². The number of rotatable bonds is 5. The molecule has 0 spiro atoms. The predicted octanol–water partition coefficient (Wildman–Crippen LogP) is 2.63. The molecule has 1 heterocycles. The minimum Gasteiger partial charge on any atom is -0.504 e. The van der Waals surface area contributed by atoms with Crippen molar-refractivity contribution in [3.05, 3.63) is 41.2 Å². The Hall–Kier alpha value is -3.27. The van der Waals surface area contributed by atoms with Crippen molar-refractivity contribution in [2.75, 3.05) is 11.9 Å². The summed E-state index contributed by atoms with van der Waals surface area (Å²) in [5.41, 5.74) is 0.438. The number of aromatic nitrogens is 1. The number of hydrogen-bond donors (Lipinski definition) is 2. The number of carbonyl (C=O) groups excluding carboxylic acids is 1. The number of phenolic OH excluding ortho intramolecular Hbond substituents is 1. The molecule has 2 N–H and O–H groups in total. The van der Waals surface area contributed by atoms with E-state index in [1.807, 2.05) is 6.07 Å². The summed E-state index contributed by atoms with van der Waals surface area (Å²) in [6, 6.07) is 7.93. The Morgan fingerprint density at radius 2 is 2.30 bits per heavy atom. The van der Waals surface area contributed by atoms with E-state index in [0.717, 1.165) is 0 Å². The molecule has 1 aromatic heterocycles. The molecule has 23 heavy (non-hydrogen) atoms. The van der Waals surface area contributed by atoms with E-state index in [-0.39, 0.29) is 22.9 Å². The van der Waals surface area contributed by atoms with Gasteiger partial charge in [0, 0.05) is 6.07 Å². The van der Waals surface area contributed by atoms with Gasteiger partial charge in [-0.25, -0.2) is 0 Å². The second-order valence-corrected chi connectivity index (χ2v) is 4.61. The van der Waals surface area contributed by atoms with E-state index in [9.17, 15) is 9.90 Å². The lowest BCUT2D eigenvalue weighted by Gasteiger charge is -2.06. The normalized spacial score (nSPS) is 10.9. The minimum atomic E-state index is -0.605. The summed E-state index contributed by atoms with van der Waals surface area (Å²) in [5, 5.41) is 24.9. The SMILES string of the molecule is CCOc1cc(/C=C(/C#N)C(=O)Nc2cc(C)on2)ccc1O. The molecule has 0 aliphatic rings. The molecule has 1 amide bonds. The van der Waals surface area contributed by atoms with E-state index in [0.29, 0.717) is 17.9 Å². The van der Waals surface area contributed by atoms with Gasteiger partial charge in [-0.15, -0.1) is 0 Å². The van der Waals surface area contributed by atoms with Crippen LogP contribution in [0.5, 0.6) is 11.5 Å². The summed E-state index contributed by atoms with van der Waals surface area (Å²) in [7, 11) is 0. The molecule has 0 aliphatic heterocycles. The molecule has 0 fully saturated rings. The van der Waals surface area contributed by atoms with Crippen molar-refractivity contribution in [2.24, 2.45) is 0 Å². The van der Waals surface area contributed by atoms with Crippen LogP contribution < -0.4 is 10.1 Å². The molecule has 0 aliphatic carbocycles. The van der Waals surface area contributed by atoms with Crippen LogP contribution in [0.1, 0.15) is 18.2 Å². The number of benzene rings is 1. The Balaban J connectivity index is 2.22. The smallest absolute Gasteiger partial charge is 0.267 e. The quantitative estimate of drug-likeness (QED) is 0.649. The molecule has 2 rings (SSSR count). The van der Waals surface area contributed by atoms with E-state index in [1.165, 1.54) is 12.1 Å². The van der Waals surface area contributed by atoms with Gasteiger partial charge in [0.1, 0.15) is 17.4 Å². The molecule has 0 bridgehead atoms. The number of aryl methyl sites for hydroxylation is 1. The molecule has 0 saturated carbocycles. The Morgan fingerprint density at radius 3 is 2.91 bits per heavy atom. The van der Waals surface area contributed by atoms with Gasteiger partial charge in [0.2, 0.25) is 0 Å². The molecule has 2 aromatic rings. The summed E-state index contributed by atoms with van der Waals surface area (Å²) in [5.74, 6) is 0.444. The molecule has 7 nitrogen and oxygen atoms in total. The largest absolute Gasteiger partial charge is 0.504 e. The Kier molecular flexibility index (Phi) is 5.00. The zero-order chi connectivity index (χ0) is 16.8. The highest BCUT2D eigenvalue weighted by molar-refractivity contribution is 6.09. The molecule has 1 aromatic carbocycles. The van der Waals surface area contributed by atoms with E-state index in [4.69, 9.17) is 14.5 Å². The van der Waals surface area contributed by atoms with Crippen molar-refractivity contribution in [3.63, 3.8) is 0 Å². The molecule has 0 saturated heterocycles. The first-order valence-corrected chi connectivity index (χ1v) is 6.85. The van der Waals surface area contributed by atoms with Crippen LogP contribution in [0.15, 0.2) is 34.4 Å². The molecule has 0 atom stereocenters. The Bertz CT molecular complexity index is 787. The molecule has 0 radical (unpaired) electrons. The van der Waals surface area contributed by atoms with Crippen LogP contribution >= 0.6 is 0 Å². The number of phenols is 1. The maximum absolute atomic E-state index is 12.1. The third-order valence-electron chi connectivity index (χ3n) is 2.83. The van der Waals surface area contributed by atoms with Gasteiger partial charge >= 0.3 is 0 Å². The number of nitrogens with zero attached hydrogens (tertiary/aromatic N) is 2. The zero-order valence-electron chi connectivity index (χ0n) is 12.7. The predicted molar refractivity (Wildman–Crippen MR) is 82.7 cm³/mol. The van der Waals surface area contributed by atoms with Crippen molar-refractivity contribution in [1.29, 1.82) is 5.26 Å². The molecule has 0 unspecified atom stereocenters. The van der Waals surface area contributed by atoms with E-state index in [2.05, 4.69) is 10.5 Å². The van der Waals surface area contributed by atoms with Gasteiger partial charge in [0.05, 0.1) is 6.61 Å². The summed E-state index contributed by atoms with van der Waals surface area (Å²) in [6.45, 7) is 3.86. The standard InChI is InChI=1S/C16H15N3O4/c1-3-22-14-8-11(4-5-13(14)20)7-12(9-17)16(21)18-15-6-10(2)23-19-15/h4-8,20H,3H2,1-2H3,(H,18,19,21)/b12-7-. The highest BCUT2D eigenvalue weighted by Crippen LogP contribution is 2.27. The van der Waals surface area contributed by atoms with E-state index < -0.39 is 5.91 Å². The van der Waals surface area contributed by atoms with Crippen LogP contribution in [0.4, 0.5) is 5.82 Å². The van der Waals surface area contributed by atoms with Crippen molar-refractivity contribution in [2.45, 2.75) is 13.8 Å². The fourth-order valence-corrected chi connectivity index (χ4v) is 1.82. The number of carbonyl (C=O) groups is 1. The zero-order valence-corrected chi connectivity index (χ0v) is 12.7. The van der Waals surface area contributed by atoms with Crippen molar-refractivity contribution in [1.82, 2.24) is 5.16 Å². The third-order valence-corrected chi connectivity index (χ3v) is 2.83. The highest BCUT2D eigenvalue weighted by Gasteiger charge is 2.12. The molecular formula is C16H15N3O4. The van der Waals surface area contributed by atoms with Gasteiger partial charge in [-0.2, -0.15) is 5.26 Å². The lowest BCUT2D eigenvalue weighted by molar-refractivity contribution is -0.112. The number of aromatic hydroxyl groups is 1. The number of ether oxygens (including phenoxy) is 1. The molecule has 118 valence electrons. The maximum atomic E-state index is 12.1. The monoisotopic (exact) mass is 313 g/mol. The van der Waals surface area contributed by atoms with Crippen LogP contribution in [0.3, 0.4) is 0 Å². The van der Waals surface area contributed by atoms with Crippen LogP contribution in [0.2, 0.25) is 0 Å². The van der Waals surface area contributed by atoms with Crippen molar-refractivity contribution in [3.8, 4) is 17.6 Å². The first kappa shape index (κ1) is 16.1. The maximum Gasteiger partial charge on any atom is 0.267 e. The number of nitrogens with one attached hydrogen (secondary N) is 1. The van der Waals surface area contributed by atoms with Crippen LogP contribution in [0.25, 0.3) is 6.08 Å². The fourth-order valence-electron chi connectivity index (χ4n) is 1.82. The van der Waals surface area contributed by atoms with E-state index >= 15 is 0 Å². The minimum absolute atomic E-state index is 0.00923. The third kappa shape index (κ3) is 4.11. The Morgan fingerprint density at radius 1 is 1.52 bits per heavy atom. The van der Waals surface area contributed by atoms with Gasteiger partial charge in [0.25, 0.3) is 5.91 Å². The van der Waals surface area contributed by atoms with Crippen LogP contribution in [-0.4, -0.2) is 22.8 Å². The van der Waals surface area contributed by atoms with Gasteiger partial charge in [-0.05, 0) is 37.6 Å². The first-order valence-electron chi connectivity index (χ1n) is 6.85. The second kappa shape index (κ2) is 7.13. The summed E-state index contributed by atoms with van der Waals surface area (Å²) < 4.78 is 10.1. The summed E-state index contributed by atoms with van der Waals surface area (Å²) in [4.78, 5) is 12.1. The van der Waals surface area contributed by atoms with Gasteiger partial charge < -0.3 is 19.7 Å². The summed E-state index contributed by atoms with van der Waals surface area (Å²) in [6.07, 6.45) is 1.39. The number of amides is 1. The van der Waals surface area contributed by atoms with Crippen molar-refractivity contribution >= 4 is 17.8 Å². The van der Waals surface area contributed by atoms with Gasteiger partial charge in [0.15, 0.2) is 17.3 Å². The second-order valence-electron chi connectivity index (χ2n) is 4.61. The summed E-state index contributed by atoms with van der Waals surface area (Å²) >= 11 is 0. The van der Waals surface area contributed by atoms with Crippen LogP contribution in [0, 0.1) is 18.3 Å². The number of nitriles is 1. The average Bonchev–Trinajstić information content (AvgIpc) is 2.93. The lowest BCUT2D eigenvalue weighted by atomic mass is 10.1. The van der Waals surface area contributed by atoms with Gasteiger partial charge in [-0.1, -0.05) is 11.2 Å². The fraction of sp³-hybridized carbons (Fsp3) is 0.188. The Labute approximate surface area is 132 Å². The highest BCUT2D eigenvalue weighted by atomic mass is 16.5. The van der Waals surface area contributed by atoms with Crippen molar-refractivity contribution < 1.29 is 19.2 Å². The molecular weight excluding hydrogens is 298 g/mol. The van der Waals surface area contributed by atoms with E-state index in [1.54, 1.807) is 32.0 Å². The first-order chi connectivity index (χ1) is 11.0. The van der Waals surface area contributed by atoms with Gasteiger partial charge in [-0.3, -0.25) is 4.79 Å². The molecule has 7 heteroatoms. The number of anilines is 1.